The molecule has 0 amide bonds. The quantitative estimate of drug-likeness (QED) is 0.336. The summed E-state index contributed by atoms with van der Waals surface area (Å²) >= 11 is 0. The highest BCUT2D eigenvalue weighted by Gasteiger charge is 2.36. The monoisotopic (exact) mass is 304 g/mol. The minimum atomic E-state index is -0.462. The van der Waals surface area contributed by atoms with Gasteiger partial charge in [0, 0.05) is 12.7 Å². The second kappa shape index (κ2) is 7.56. The second-order valence-electron chi connectivity index (χ2n) is 6.36. The molecular weight excluding hydrogens is 280 g/mol. The Hall–Kier alpha value is -1.65. The van der Waals surface area contributed by atoms with Crippen molar-refractivity contribution >= 4 is 5.97 Å². The molecule has 2 rings (SSSR count). The minimum Gasteiger partial charge on any atom is -0.457 e. The van der Waals surface area contributed by atoms with E-state index >= 15 is 0 Å². The Labute approximate surface area is 132 Å². The fraction of sp³-hybridized carbons (Fsp3) is 0.500. The Morgan fingerprint density at radius 1 is 1.27 bits per heavy atom. The van der Waals surface area contributed by atoms with Crippen LogP contribution in [0.1, 0.15) is 32.8 Å². The maximum absolute atomic E-state index is 11.5. The second-order valence-corrected chi connectivity index (χ2v) is 6.36. The molecule has 4 heteroatoms. The maximum Gasteiger partial charge on any atom is 0.331 e. The Bertz CT molecular complexity index is 502. The van der Waals surface area contributed by atoms with Crippen molar-refractivity contribution in [3.63, 3.8) is 0 Å². The highest BCUT2D eigenvalue weighted by molar-refractivity contribution is 5.82. The number of carbonyl (C=O) groups excluding carboxylic acids is 1. The van der Waals surface area contributed by atoms with Crippen LogP contribution in [0.5, 0.6) is 0 Å². The summed E-state index contributed by atoms with van der Waals surface area (Å²) in [4.78, 5) is 11.5. The number of epoxide rings is 1. The molecule has 2 atom stereocenters. The molecule has 0 N–H and O–H groups in total. The molecule has 1 fully saturated rings. The van der Waals surface area contributed by atoms with Crippen LogP contribution in [0, 0.1) is 0 Å². The first kappa shape index (κ1) is 16.7. The molecule has 0 bridgehead atoms. The first-order valence-electron chi connectivity index (χ1n) is 7.62. The summed E-state index contributed by atoms with van der Waals surface area (Å²) in [5.41, 5.74) is 0.705. The van der Waals surface area contributed by atoms with Gasteiger partial charge < -0.3 is 14.2 Å². The largest absolute Gasteiger partial charge is 0.457 e. The molecule has 0 spiro atoms. The molecule has 0 aromatic heterocycles. The van der Waals surface area contributed by atoms with Gasteiger partial charge in [-0.3, -0.25) is 0 Å². The van der Waals surface area contributed by atoms with Crippen LogP contribution in [0.4, 0.5) is 0 Å². The third-order valence-corrected chi connectivity index (χ3v) is 3.11. The van der Waals surface area contributed by atoms with Crippen LogP contribution < -0.4 is 0 Å². The molecular formula is C18H24O4. The number of hydrogen-bond donors (Lipinski definition) is 0. The summed E-state index contributed by atoms with van der Waals surface area (Å²) in [7, 11) is 0. The van der Waals surface area contributed by atoms with Gasteiger partial charge in [0.25, 0.3) is 0 Å². The number of benzene rings is 1. The predicted octanol–water partition coefficient (Wildman–Crippen LogP) is 3.26. The van der Waals surface area contributed by atoms with Gasteiger partial charge in [-0.2, -0.15) is 0 Å². The van der Waals surface area contributed by atoms with Crippen LogP contribution in [-0.4, -0.2) is 30.4 Å². The van der Waals surface area contributed by atoms with Crippen LogP contribution in [0.25, 0.3) is 0 Å². The summed E-state index contributed by atoms with van der Waals surface area (Å²) in [6, 6.07) is 10.1. The minimum absolute atomic E-state index is 0.00726. The van der Waals surface area contributed by atoms with Gasteiger partial charge in [0.05, 0.1) is 12.7 Å². The van der Waals surface area contributed by atoms with Crippen molar-refractivity contribution in [1.29, 1.82) is 0 Å². The van der Waals surface area contributed by atoms with E-state index < -0.39 is 5.60 Å². The topological polar surface area (TPSA) is 48.1 Å². The Balaban J connectivity index is 1.57. The van der Waals surface area contributed by atoms with Crippen molar-refractivity contribution in [2.75, 3.05) is 6.61 Å². The molecule has 22 heavy (non-hydrogen) atoms. The third-order valence-electron chi connectivity index (χ3n) is 3.11. The van der Waals surface area contributed by atoms with Crippen LogP contribution >= 0.6 is 0 Å². The van der Waals surface area contributed by atoms with Crippen molar-refractivity contribution in [3.05, 3.63) is 48.0 Å². The molecule has 120 valence electrons. The summed E-state index contributed by atoms with van der Waals surface area (Å²) in [6.45, 7) is 6.81. The van der Waals surface area contributed by atoms with Crippen LogP contribution in [0.15, 0.2) is 42.5 Å². The van der Waals surface area contributed by atoms with E-state index in [0.717, 1.165) is 6.42 Å². The number of ether oxygens (including phenoxy) is 3. The van der Waals surface area contributed by atoms with Gasteiger partial charge >= 0.3 is 5.97 Å². The molecule has 1 aromatic rings. The number of esters is 1. The zero-order valence-electron chi connectivity index (χ0n) is 13.5. The van der Waals surface area contributed by atoms with Crippen molar-refractivity contribution < 1.29 is 19.0 Å². The smallest absolute Gasteiger partial charge is 0.331 e. The lowest BCUT2D eigenvalue weighted by Crippen LogP contribution is -2.22. The normalized spacial score (nSPS) is 21.0. The molecule has 0 aliphatic carbocycles. The molecule has 1 aliphatic rings. The lowest BCUT2D eigenvalue weighted by Gasteiger charge is -2.17. The summed E-state index contributed by atoms with van der Waals surface area (Å²) < 4.78 is 16.3. The van der Waals surface area contributed by atoms with Gasteiger partial charge in [0.2, 0.25) is 0 Å². The van der Waals surface area contributed by atoms with Crippen LogP contribution in [0.2, 0.25) is 0 Å². The molecule has 1 aromatic carbocycles. The molecule has 4 nitrogen and oxygen atoms in total. The summed E-state index contributed by atoms with van der Waals surface area (Å²) in [5, 5.41) is 0. The van der Waals surface area contributed by atoms with Gasteiger partial charge in [0.1, 0.15) is 11.7 Å². The SMILES string of the molecule is CC(C)(C)OC(=O)/C=C/[C@@H]1O[C@H]1CCOCc1ccccc1. The summed E-state index contributed by atoms with van der Waals surface area (Å²) in [6.07, 6.45) is 4.19. The summed E-state index contributed by atoms with van der Waals surface area (Å²) in [5.74, 6) is -0.331. The Morgan fingerprint density at radius 2 is 2.00 bits per heavy atom. The molecule has 1 heterocycles. The molecule has 0 radical (unpaired) electrons. The maximum atomic E-state index is 11.5. The van der Waals surface area contributed by atoms with E-state index in [9.17, 15) is 4.79 Å². The fourth-order valence-electron chi connectivity index (χ4n) is 2.03. The van der Waals surface area contributed by atoms with Gasteiger partial charge in [0.15, 0.2) is 0 Å². The van der Waals surface area contributed by atoms with E-state index in [0.29, 0.717) is 13.2 Å². The number of carbonyl (C=O) groups is 1. The van der Waals surface area contributed by atoms with E-state index in [1.807, 2.05) is 51.1 Å². The van der Waals surface area contributed by atoms with Gasteiger partial charge in [-0.05, 0) is 38.8 Å². The lowest BCUT2D eigenvalue weighted by molar-refractivity contribution is -0.148. The van der Waals surface area contributed by atoms with E-state index in [-0.39, 0.29) is 18.2 Å². The molecule has 0 unspecified atom stereocenters. The van der Waals surface area contributed by atoms with E-state index in [4.69, 9.17) is 14.2 Å². The van der Waals surface area contributed by atoms with E-state index in [1.54, 1.807) is 6.08 Å². The van der Waals surface area contributed by atoms with Crippen LogP contribution in [0.3, 0.4) is 0 Å². The lowest BCUT2D eigenvalue weighted by atomic mass is 10.2. The van der Waals surface area contributed by atoms with Crippen molar-refractivity contribution in [1.82, 2.24) is 0 Å². The molecule has 1 aliphatic heterocycles. The average molecular weight is 304 g/mol. The van der Waals surface area contributed by atoms with Gasteiger partial charge in [-0.25, -0.2) is 4.79 Å². The fourth-order valence-corrected chi connectivity index (χ4v) is 2.03. The Morgan fingerprint density at radius 3 is 2.68 bits per heavy atom. The van der Waals surface area contributed by atoms with E-state index in [1.165, 1.54) is 11.6 Å². The van der Waals surface area contributed by atoms with Crippen molar-refractivity contribution in [2.24, 2.45) is 0 Å². The Kier molecular flexibility index (Phi) is 5.75. The van der Waals surface area contributed by atoms with Gasteiger partial charge in [-0.15, -0.1) is 0 Å². The number of hydrogen-bond acceptors (Lipinski definition) is 4. The van der Waals surface area contributed by atoms with Gasteiger partial charge in [-0.1, -0.05) is 30.3 Å². The first-order valence-corrected chi connectivity index (χ1v) is 7.62. The van der Waals surface area contributed by atoms with E-state index in [2.05, 4.69) is 0 Å². The third kappa shape index (κ3) is 6.41. The molecule has 0 saturated carbocycles. The van der Waals surface area contributed by atoms with Crippen LogP contribution in [-0.2, 0) is 25.6 Å². The van der Waals surface area contributed by atoms with Crippen molar-refractivity contribution in [2.45, 2.75) is 51.6 Å². The highest BCUT2D eigenvalue weighted by Crippen LogP contribution is 2.26. The highest BCUT2D eigenvalue weighted by atomic mass is 16.6. The standard InChI is InChI=1S/C18H24O4/c1-18(2,3)22-17(19)10-9-15-16(21-15)11-12-20-13-14-7-5-4-6-8-14/h4-10,15-16H,11-13H2,1-3H3/b10-9+/t15-,16-/m0/s1. The number of rotatable bonds is 7. The van der Waals surface area contributed by atoms with Crippen molar-refractivity contribution in [3.8, 4) is 0 Å². The zero-order valence-corrected chi connectivity index (χ0v) is 13.5. The molecule has 1 saturated heterocycles. The zero-order chi connectivity index (χ0) is 16.0. The predicted molar refractivity (Wildman–Crippen MR) is 84.4 cm³/mol. The first-order chi connectivity index (χ1) is 10.4. The average Bonchev–Trinajstić information content (AvgIpc) is 3.19.